The molecule has 4 aliphatic rings. The molecule has 19 heteroatoms. The van der Waals surface area contributed by atoms with Crippen molar-refractivity contribution in [1.29, 1.82) is 0 Å². The minimum atomic E-state index is -1.01. The van der Waals surface area contributed by atoms with Crippen molar-refractivity contribution in [2.24, 2.45) is 10.8 Å². The van der Waals surface area contributed by atoms with Crippen LogP contribution in [0.5, 0.6) is 0 Å². The van der Waals surface area contributed by atoms with Gasteiger partial charge in [-0.05, 0) is 147 Å². The monoisotopic (exact) mass is 1120 g/mol. The minimum absolute atomic E-state index is 0.0228. The van der Waals surface area contributed by atoms with Crippen LogP contribution >= 0.6 is 15.9 Å². The van der Waals surface area contributed by atoms with Gasteiger partial charge in [-0.15, -0.1) is 0 Å². The summed E-state index contributed by atoms with van der Waals surface area (Å²) in [5.41, 5.74) is 3.13. The van der Waals surface area contributed by atoms with Gasteiger partial charge in [-0.25, -0.2) is 0 Å². The van der Waals surface area contributed by atoms with Crippen LogP contribution in [0, 0.1) is 10.8 Å². The highest BCUT2D eigenvalue weighted by Gasteiger charge is 2.48. The van der Waals surface area contributed by atoms with Gasteiger partial charge >= 0.3 is 0 Å². The molecule has 2 aliphatic heterocycles. The fraction of sp³-hybridized carbons (Fsp3) is 0.552. The van der Waals surface area contributed by atoms with E-state index in [2.05, 4.69) is 70.6 Å². The Bertz CT molecular complexity index is 2720. The lowest BCUT2D eigenvalue weighted by atomic mass is 9.85. The quantitative estimate of drug-likeness (QED) is 0.0999. The van der Waals surface area contributed by atoms with E-state index in [1.807, 2.05) is 77.9 Å². The van der Waals surface area contributed by atoms with Crippen molar-refractivity contribution in [3.63, 3.8) is 0 Å². The Morgan fingerprint density at radius 2 is 0.987 bits per heavy atom. The molecule has 3 aromatic rings. The SMILES string of the molecule is CN[C@@H](C)C(=O)NC(C(=O)N1C[C@@H](NC(=O)c2cc(C(=O)N[C@H]3C[C@@H](C(=O)N[C@@H]4CCCc5ccccc54)N(C(=O)[C@@H](NC(=O)[C@H](C)NC)C(C)(C)C)C3)ccc2Br)CC1C(=O)N[C@@H]1CCCc2ccccc21)C(C)(C)C. The van der Waals surface area contributed by atoms with Gasteiger partial charge in [-0.1, -0.05) is 90.1 Å². The molecule has 2 fully saturated rings. The van der Waals surface area contributed by atoms with Crippen LogP contribution in [0.1, 0.15) is 149 Å². The second-order valence-corrected chi connectivity index (χ2v) is 24.3. The third kappa shape index (κ3) is 13.8. The van der Waals surface area contributed by atoms with E-state index in [0.29, 0.717) is 4.47 Å². The summed E-state index contributed by atoms with van der Waals surface area (Å²) in [5.74, 6) is -3.50. The summed E-state index contributed by atoms with van der Waals surface area (Å²) in [4.78, 5) is 117. The highest BCUT2D eigenvalue weighted by atomic mass is 79.9. The number of likely N-dealkylation sites (N-methyl/N-ethyl adjacent to an activating group) is 2. The fourth-order valence-electron chi connectivity index (χ4n) is 11.0. The molecule has 2 heterocycles. The van der Waals surface area contributed by atoms with Crippen molar-refractivity contribution in [3.05, 3.63) is 105 Å². The number of likely N-dealkylation sites (tertiary alicyclic amines) is 2. The van der Waals surface area contributed by atoms with Crippen LogP contribution in [-0.2, 0) is 41.6 Å². The molecule has 7 rings (SSSR count). The van der Waals surface area contributed by atoms with Crippen LogP contribution in [0.3, 0.4) is 0 Å². The number of benzene rings is 3. The van der Waals surface area contributed by atoms with Gasteiger partial charge in [0.15, 0.2) is 0 Å². The molecule has 3 aromatic carbocycles. The lowest BCUT2D eigenvalue weighted by Gasteiger charge is -2.36. The summed E-state index contributed by atoms with van der Waals surface area (Å²) in [6.45, 7) is 14.4. The first-order chi connectivity index (χ1) is 36.4. The van der Waals surface area contributed by atoms with Crippen molar-refractivity contribution < 1.29 is 38.4 Å². The number of nitrogens with zero attached hydrogens (tertiary/aromatic N) is 2. The van der Waals surface area contributed by atoms with Gasteiger partial charge in [0.25, 0.3) is 11.8 Å². The molecule has 8 amide bonds. The van der Waals surface area contributed by atoms with Crippen molar-refractivity contribution in [2.75, 3.05) is 27.2 Å². The Hall–Kier alpha value is -6.18. The maximum Gasteiger partial charge on any atom is 0.252 e. The Balaban J connectivity index is 1.10. The molecule has 8 N–H and O–H groups in total. The average molecular weight is 1120 g/mol. The van der Waals surface area contributed by atoms with Gasteiger partial charge in [0.1, 0.15) is 24.2 Å². The van der Waals surface area contributed by atoms with Crippen LogP contribution in [0.15, 0.2) is 71.2 Å². The van der Waals surface area contributed by atoms with Crippen LogP contribution in [0.4, 0.5) is 0 Å². The number of carbonyl (C=O) groups excluding carboxylic acids is 8. The number of carbonyl (C=O) groups is 8. The molecule has 416 valence electrons. The number of aryl methyl sites for hydroxylation is 2. The molecule has 0 bridgehead atoms. The zero-order valence-corrected chi connectivity index (χ0v) is 47.8. The number of hydrogen-bond acceptors (Lipinski definition) is 10. The first-order valence-corrected chi connectivity index (χ1v) is 27.9. The Morgan fingerprint density at radius 1 is 0.571 bits per heavy atom. The summed E-state index contributed by atoms with van der Waals surface area (Å²) in [7, 11) is 3.30. The molecule has 0 spiro atoms. The molecule has 2 saturated heterocycles. The third-order valence-corrected chi connectivity index (χ3v) is 16.4. The molecule has 2 unspecified atom stereocenters. The number of rotatable bonds is 16. The van der Waals surface area contributed by atoms with Crippen molar-refractivity contribution >= 4 is 63.2 Å². The van der Waals surface area contributed by atoms with Crippen LogP contribution in [-0.4, -0.2) is 133 Å². The number of fused-ring (bicyclic) bond motifs is 2. The fourth-order valence-corrected chi connectivity index (χ4v) is 11.4. The standard InChI is InChI=1S/C58H79BrN10O8/c1-32(60-9)49(70)66-47(57(3,4)5)55(76)68-30-37(28-45(68)53(74)64-43-23-15-19-34-17-11-13-21-39(34)43)62-51(72)36-25-26-42(59)41(27-36)52(73)63-38-29-46(54(75)65-44-24-16-20-35-18-12-14-22-40(35)44)69(31-38)56(77)48(58(6,7)8)67-50(71)33(2)61-10/h11-14,17-18,21-22,25-27,32-33,37-38,43-48,60-61H,15-16,19-20,23-24,28-31H2,1-10H3,(H,62,72)(H,63,73)(H,64,74)(H,65,75)(H,66,70)(H,67,71)/t32-,33-,37-,38-,43+,44+,45-,46?,47+,48?/m0/s1. The summed E-state index contributed by atoms with van der Waals surface area (Å²) in [6, 6.07) is 13.5. The van der Waals surface area contributed by atoms with E-state index in [4.69, 9.17) is 0 Å². The van der Waals surface area contributed by atoms with Crippen molar-refractivity contribution in [3.8, 4) is 0 Å². The summed E-state index contributed by atoms with van der Waals surface area (Å²) in [5, 5.41) is 24.2. The Labute approximate surface area is 461 Å². The minimum Gasteiger partial charge on any atom is -0.347 e. The number of hydrogen-bond donors (Lipinski definition) is 8. The van der Waals surface area contributed by atoms with E-state index in [1.165, 1.54) is 15.9 Å². The van der Waals surface area contributed by atoms with E-state index < -0.39 is 82.8 Å². The number of nitrogens with one attached hydrogen (secondary N) is 8. The maximum absolute atomic E-state index is 14.7. The first-order valence-electron chi connectivity index (χ1n) is 27.1. The smallest absolute Gasteiger partial charge is 0.252 e. The van der Waals surface area contributed by atoms with Gasteiger partial charge in [-0.3, -0.25) is 38.4 Å². The van der Waals surface area contributed by atoms with E-state index in [-0.39, 0.29) is 72.8 Å². The predicted molar refractivity (Wildman–Crippen MR) is 297 cm³/mol. The molecular weight excluding hydrogens is 1040 g/mol. The number of halogens is 1. The largest absolute Gasteiger partial charge is 0.347 e. The van der Waals surface area contributed by atoms with Crippen LogP contribution in [0.2, 0.25) is 0 Å². The zero-order valence-electron chi connectivity index (χ0n) is 46.2. The second kappa shape index (κ2) is 24.7. The van der Waals surface area contributed by atoms with E-state index >= 15 is 0 Å². The second-order valence-electron chi connectivity index (χ2n) is 23.5. The van der Waals surface area contributed by atoms with Gasteiger partial charge in [0.05, 0.1) is 29.7 Å². The normalized spacial score (nSPS) is 22.7. The summed E-state index contributed by atoms with van der Waals surface area (Å²) in [6.07, 6.45) is 5.18. The summed E-state index contributed by atoms with van der Waals surface area (Å²) < 4.78 is 0.387. The highest BCUT2D eigenvalue weighted by Crippen LogP contribution is 2.34. The van der Waals surface area contributed by atoms with Gasteiger partial charge < -0.3 is 52.3 Å². The highest BCUT2D eigenvalue weighted by molar-refractivity contribution is 9.10. The zero-order chi connectivity index (χ0) is 56.1. The lowest BCUT2D eigenvalue weighted by molar-refractivity contribution is -0.144. The van der Waals surface area contributed by atoms with Crippen molar-refractivity contribution in [2.45, 2.75) is 167 Å². The van der Waals surface area contributed by atoms with Crippen LogP contribution in [0.25, 0.3) is 0 Å². The molecule has 77 heavy (non-hydrogen) atoms. The Kier molecular flexibility index (Phi) is 18.7. The van der Waals surface area contributed by atoms with Crippen molar-refractivity contribution in [1.82, 2.24) is 52.3 Å². The topological polar surface area (TPSA) is 239 Å². The number of amides is 8. The molecule has 0 aromatic heterocycles. The molecule has 2 aliphatic carbocycles. The average Bonchev–Trinajstić information content (AvgIpc) is 4.03. The first kappa shape index (κ1) is 58.5. The van der Waals surface area contributed by atoms with Crippen LogP contribution < -0.4 is 42.5 Å². The predicted octanol–water partition coefficient (Wildman–Crippen LogP) is 4.51. The van der Waals surface area contributed by atoms with E-state index in [9.17, 15) is 38.4 Å². The molecule has 0 radical (unpaired) electrons. The third-order valence-electron chi connectivity index (χ3n) is 15.7. The van der Waals surface area contributed by atoms with E-state index in [1.54, 1.807) is 40.1 Å². The molecule has 18 nitrogen and oxygen atoms in total. The Morgan fingerprint density at radius 3 is 1.40 bits per heavy atom. The van der Waals surface area contributed by atoms with Gasteiger partial charge in [-0.2, -0.15) is 0 Å². The molecule has 10 atom stereocenters. The molecule has 0 saturated carbocycles. The van der Waals surface area contributed by atoms with Gasteiger partial charge in [0, 0.05) is 35.2 Å². The van der Waals surface area contributed by atoms with E-state index in [0.717, 1.165) is 60.8 Å². The maximum atomic E-state index is 14.7. The van der Waals surface area contributed by atoms with Gasteiger partial charge in [0.2, 0.25) is 35.4 Å². The summed E-state index contributed by atoms with van der Waals surface area (Å²) >= 11 is 3.51. The molecular formula is C58H79BrN10O8. The lowest BCUT2D eigenvalue weighted by Crippen LogP contribution is -2.59.